The molecule has 4 rings (SSSR count). The Hall–Kier alpha value is -0.680. The molecule has 20 heavy (non-hydrogen) atoms. The second-order valence-corrected chi connectivity index (χ2v) is 7.84. The van der Waals surface area contributed by atoms with E-state index < -0.39 is 0 Å². The van der Waals surface area contributed by atoms with Gasteiger partial charge in [0.15, 0.2) is 0 Å². The molecule has 1 atom stereocenters. The Bertz CT molecular complexity index is 445. The van der Waals surface area contributed by atoms with Crippen LogP contribution in [0.15, 0.2) is 5.51 Å². The molecule has 1 aromatic heterocycles. The van der Waals surface area contributed by atoms with Crippen LogP contribution in [-0.4, -0.2) is 47.8 Å². The summed E-state index contributed by atoms with van der Waals surface area (Å²) in [5, 5.41) is 9.39. The molecule has 3 heterocycles. The number of anilines is 1. The average Bonchev–Trinajstić information content (AvgIpc) is 3.05. The van der Waals surface area contributed by atoms with Crippen LogP contribution < -0.4 is 4.90 Å². The molecule has 1 aromatic rings. The number of rotatable bonds is 3. The summed E-state index contributed by atoms with van der Waals surface area (Å²) >= 11 is 1.69. The predicted molar refractivity (Wildman–Crippen MR) is 82.2 cm³/mol. The molecule has 0 bridgehead atoms. The summed E-state index contributed by atoms with van der Waals surface area (Å²) in [6, 6.07) is 0. The average molecular weight is 292 g/mol. The highest BCUT2D eigenvalue weighted by atomic mass is 32.1. The maximum absolute atomic E-state index is 4.27. The first-order valence-electron chi connectivity index (χ1n) is 8.07. The Morgan fingerprint density at radius 1 is 1.20 bits per heavy atom. The van der Waals surface area contributed by atoms with Crippen molar-refractivity contribution in [3.05, 3.63) is 5.51 Å². The summed E-state index contributed by atoms with van der Waals surface area (Å²) < 4.78 is 0. The fraction of sp³-hybridized carbons (Fsp3) is 0.867. The number of hydrogen-bond acceptors (Lipinski definition) is 5. The van der Waals surface area contributed by atoms with Gasteiger partial charge in [0.25, 0.3) is 0 Å². The molecule has 3 fully saturated rings. The zero-order valence-corrected chi connectivity index (χ0v) is 12.9. The van der Waals surface area contributed by atoms with Gasteiger partial charge in [0.1, 0.15) is 5.51 Å². The van der Waals surface area contributed by atoms with E-state index in [1.54, 1.807) is 11.3 Å². The fourth-order valence-electron chi connectivity index (χ4n) is 4.23. The van der Waals surface area contributed by atoms with Crippen LogP contribution in [0.3, 0.4) is 0 Å². The molecule has 2 saturated heterocycles. The highest BCUT2D eigenvalue weighted by molar-refractivity contribution is 7.13. The first-order chi connectivity index (χ1) is 9.83. The molecule has 2 aliphatic heterocycles. The topological polar surface area (TPSA) is 32.3 Å². The van der Waals surface area contributed by atoms with Gasteiger partial charge in [0.2, 0.25) is 5.13 Å². The van der Waals surface area contributed by atoms with E-state index in [0.717, 1.165) is 11.0 Å². The Balaban J connectivity index is 1.39. The lowest BCUT2D eigenvalue weighted by Crippen LogP contribution is -2.45. The van der Waals surface area contributed by atoms with Crippen LogP contribution in [0.25, 0.3) is 0 Å². The normalized spacial score (nSPS) is 31.9. The SMILES string of the molecule is c1nnc(N2CCC[C@]3(CCN(CC4CCC4)C3)C2)s1. The van der Waals surface area contributed by atoms with Gasteiger partial charge in [-0.3, -0.25) is 0 Å². The van der Waals surface area contributed by atoms with Crippen LogP contribution in [0, 0.1) is 11.3 Å². The van der Waals surface area contributed by atoms with Gasteiger partial charge < -0.3 is 9.80 Å². The predicted octanol–water partition coefficient (Wildman–Crippen LogP) is 2.63. The van der Waals surface area contributed by atoms with Crippen molar-refractivity contribution in [1.29, 1.82) is 0 Å². The molecule has 1 aliphatic carbocycles. The third kappa shape index (κ3) is 2.46. The zero-order valence-electron chi connectivity index (χ0n) is 12.1. The fourth-order valence-corrected chi connectivity index (χ4v) is 4.82. The second kappa shape index (κ2) is 5.26. The van der Waals surface area contributed by atoms with E-state index in [-0.39, 0.29) is 0 Å². The van der Waals surface area contributed by atoms with Crippen LogP contribution >= 0.6 is 11.3 Å². The van der Waals surface area contributed by atoms with E-state index in [1.165, 1.54) is 71.2 Å². The molecule has 0 radical (unpaired) electrons. The van der Waals surface area contributed by atoms with E-state index in [0.29, 0.717) is 5.41 Å². The standard InChI is InChI=1S/C15H24N4S/c1-3-13(4-1)9-18-8-6-15(10-18)5-2-7-19(11-15)14-17-16-12-20-14/h12-13H,1-11H2/t15-/m1/s1. The molecule has 0 amide bonds. The minimum atomic E-state index is 0.535. The summed E-state index contributed by atoms with van der Waals surface area (Å²) in [5.74, 6) is 1.01. The molecule has 0 aromatic carbocycles. The first-order valence-corrected chi connectivity index (χ1v) is 8.94. The maximum Gasteiger partial charge on any atom is 0.208 e. The molecule has 110 valence electrons. The number of likely N-dealkylation sites (tertiary alicyclic amines) is 1. The summed E-state index contributed by atoms with van der Waals surface area (Å²) in [6.45, 7) is 6.36. The molecular weight excluding hydrogens is 268 g/mol. The minimum absolute atomic E-state index is 0.535. The lowest BCUT2D eigenvalue weighted by Gasteiger charge is -2.40. The lowest BCUT2D eigenvalue weighted by molar-refractivity contribution is 0.173. The van der Waals surface area contributed by atoms with Crippen molar-refractivity contribution in [3.63, 3.8) is 0 Å². The smallest absolute Gasteiger partial charge is 0.208 e. The molecular formula is C15H24N4S. The highest BCUT2D eigenvalue weighted by Crippen LogP contribution is 2.41. The van der Waals surface area contributed by atoms with Crippen molar-refractivity contribution in [2.45, 2.75) is 38.5 Å². The highest BCUT2D eigenvalue weighted by Gasteiger charge is 2.42. The molecule has 5 heteroatoms. The Kier molecular flexibility index (Phi) is 3.42. The van der Waals surface area contributed by atoms with Crippen molar-refractivity contribution in [2.24, 2.45) is 11.3 Å². The van der Waals surface area contributed by atoms with Crippen LogP contribution in [0.5, 0.6) is 0 Å². The van der Waals surface area contributed by atoms with Crippen LogP contribution in [-0.2, 0) is 0 Å². The number of aromatic nitrogens is 2. The van der Waals surface area contributed by atoms with Crippen LogP contribution in [0.1, 0.15) is 38.5 Å². The van der Waals surface area contributed by atoms with Crippen molar-refractivity contribution in [1.82, 2.24) is 15.1 Å². The lowest BCUT2D eigenvalue weighted by atomic mass is 9.79. The Morgan fingerprint density at radius 2 is 2.15 bits per heavy atom. The largest absolute Gasteiger partial charge is 0.346 e. The van der Waals surface area contributed by atoms with Gasteiger partial charge >= 0.3 is 0 Å². The zero-order chi connectivity index (χ0) is 13.4. The molecule has 0 unspecified atom stereocenters. The summed E-state index contributed by atoms with van der Waals surface area (Å²) in [7, 11) is 0. The van der Waals surface area contributed by atoms with E-state index in [9.17, 15) is 0 Å². The van der Waals surface area contributed by atoms with Gasteiger partial charge in [-0.25, -0.2) is 0 Å². The van der Waals surface area contributed by atoms with Gasteiger partial charge in [-0.05, 0) is 44.6 Å². The molecule has 4 nitrogen and oxygen atoms in total. The van der Waals surface area contributed by atoms with Crippen molar-refractivity contribution in [3.8, 4) is 0 Å². The van der Waals surface area contributed by atoms with E-state index >= 15 is 0 Å². The second-order valence-electron chi connectivity index (χ2n) is 7.03. The van der Waals surface area contributed by atoms with Crippen molar-refractivity contribution < 1.29 is 0 Å². The molecule has 0 N–H and O–H groups in total. The third-order valence-corrected chi connectivity index (χ3v) is 6.29. The minimum Gasteiger partial charge on any atom is -0.346 e. The quantitative estimate of drug-likeness (QED) is 0.857. The summed E-state index contributed by atoms with van der Waals surface area (Å²) in [4.78, 5) is 5.22. The van der Waals surface area contributed by atoms with Gasteiger partial charge in [-0.2, -0.15) is 0 Å². The number of hydrogen-bond donors (Lipinski definition) is 0. The van der Waals surface area contributed by atoms with Crippen LogP contribution in [0.4, 0.5) is 5.13 Å². The van der Waals surface area contributed by atoms with Crippen molar-refractivity contribution >= 4 is 16.5 Å². The third-order valence-electron chi connectivity index (χ3n) is 5.54. The summed E-state index contributed by atoms with van der Waals surface area (Å²) in [5.41, 5.74) is 2.39. The van der Waals surface area contributed by atoms with E-state index in [2.05, 4.69) is 20.0 Å². The first kappa shape index (κ1) is 13.0. The Labute approximate surface area is 125 Å². The molecule has 1 saturated carbocycles. The number of nitrogens with zero attached hydrogens (tertiary/aromatic N) is 4. The maximum atomic E-state index is 4.27. The molecule has 3 aliphatic rings. The summed E-state index contributed by atoms with van der Waals surface area (Å²) in [6.07, 6.45) is 8.52. The van der Waals surface area contributed by atoms with Gasteiger partial charge in [0.05, 0.1) is 0 Å². The van der Waals surface area contributed by atoms with E-state index in [1.807, 2.05) is 5.51 Å². The van der Waals surface area contributed by atoms with Gasteiger partial charge in [-0.15, -0.1) is 10.2 Å². The van der Waals surface area contributed by atoms with Gasteiger partial charge in [-0.1, -0.05) is 17.8 Å². The Morgan fingerprint density at radius 3 is 2.90 bits per heavy atom. The molecule has 1 spiro atoms. The number of piperidine rings is 1. The van der Waals surface area contributed by atoms with E-state index in [4.69, 9.17) is 0 Å². The van der Waals surface area contributed by atoms with Crippen molar-refractivity contribution in [2.75, 3.05) is 37.6 Å². The monoisotopic (exact) mass is 292 g/mol. The van der Waals surface area contributed by atoms with Gasteiger partial charge in [0, 0.05) is 31.6 Å². The van der Waals surface area contributed by atoms with Crippen LogP contribution in [0.2, 0.25) is 0 Å².